The van der Waals surface area contributed by atoms with E-state index in [1.807, 2.05) is 18.2 Å². The van der Waals surface area contributed by atoms with Gasteiger partial charge in [0.1, 0.15) is 0 Å². The molecule has 0 saturated heterocycles. The van der Waals surface area contributed by atoms with Crippen LogP contribution in [0.15, 0.2) is 18.2 Å². The van der Waals surface area contributed by atoms with Gasteiger partial charge >= 0.3 is 0 Å². The van der Waals surface area contributed by atoms with E-state index in [1.54, 1.807) is 0 Å². The zero-order valence-electron chi connectivity index (χ0n) is 24.6. The molecule has 1 aromatic rings. The minimum Gasteiger partial charge on any atom is -0.344 e. The smallest absolute Gasteiger partial charge is 0.229 e. The highest BCUT2D eigenvalue weighted by Crippen LogP contribution is 2.24. The van der Waals surface area contributed by atoms with E-state index in [2.05, 4.69) is 33.8 Å². The van der Waals surface area contributed by atoms with Gasteiger partial charge < -0.3 is 18.9 Å². The van der Waals surface area contributed by atoms with Crippen LogP contribution in [0.4, 0.5) is 0 Å². The quantitative estimate of drug-likeness (QED) is 0.0713. The molecule has 0 aromatic heterocycles. The van der Waals surface area contributed by atoms with Crippen molar-refractivity contribution < 1.29 is 28.5 Å². The maximum Gasteiger partial charge on any atom is 0.229 e. The number of aldehydes is 2. The molecule has 0 aliphatic heterocycles. The van der Waals surface area contributed by atoms with Gasteiger partial charge in [0.15, 0.2) is 12.6 Å². The third-order valence-electron chi connectivity index (χ3n) is 6.53. The van der Waals surface area contributed by atoms with E-state index in [9.17, 15) is 9.59 Å². The zero-order valence-corrected chi connectivity index (χ0v) is 24.6. The van der Waals surface area contributed by atoms with E-state index in [0.29, 0.717) is 26.4 Å². The lowest BCUT2D eigenvalue weighted by atomic mass is 9.99. The molecule has 0 amide bonds. The van der Waals surface area contributed by atoms with Crippen LogP contribution in [0.2, 0.25) is 0 Å². The summed E-state index contributed by atoms with van der Waals surface area (Å²) in [6.07, 6.45) is 14.0. The van der Waals surface area contributed by atoms with E-state index >= 15 is 0 Å². The van der Waals surface area contributed by atoms with E-state index < -0.39 is 11.6 Å². The van der Waals surface area contributed by atoms with Crippen LogP contribution < -0.4 is 0 Å². The summed E-state index contributed by atoms with van der Waals surface area (Å²) in [5.74, 6) is -2.68. The number of ether oxygens (including phenoxy) is 4. The van der Waals surface area contributed by atoms with Crippen molar-refractivity contribution in [3.63, 3.8) is 0 Å². The highest BCUT2D eigenvalue weighted by molar-refractivity contribution is 5.62. The maximum atomic E-state index is 12.3. The number of hydrogen-bond donors (Lipinski definition) is 0. The molecule has 0 spiro atoms. The first-order valence-corrected chi connectivity index (χ1v) is 15.0. The van der Waals surface area contributed by atoms with Gasteiger partial charge in [0.05, 0.1) is 26.4 Å². The molecule has 0 heterocycles. The third kappa shape index (κ3) is 14.0. The summed E-state index contributed by atoms with van der Waals surface area (Å²) >= 11 is 0. The molecule has 0 bridgehead atoms. The summed E-state index contributed by atoms with van der Waals surface area (Å²) < 4.78 is 24.3. The predicted octanol–water partition coefficient (Wildman–Crippen LogP) is 7.19. The minimum atomic E-state index is -1.34. The Morgan fingerprint density at radius 1 is 0.579 bits per heavy atom. The first kappa shape index (κ1) is 34.4. The predicted molar refractivity (Wildman–Crippen MR) is 152 cm³/mol. The monoisotopic (exact) mass is 533 g/mol. The first-order valence-electron chi connectivity index (χ1n) is 15.0. The molecule has 0 aliphatic carbocycles. The number of carbonyl (C=O) groups is 2. The van der Waals surface area contributed by atoms with Crippen molar-refractivity contribution in [2.45, 2.75) is 129 Å². The van der Waals surface area contributed by atoms with Gasteiger partial charge in [-0.05, 0) is 42.9 Å². The van der Waals surface area contributed by atoms with Crippen molar-refractivity contribution >= 4 is 12.6 Å². The molecule has 6 heteroatoms. The van der Waals surface area contributed by atoms with E-state index in [1.165, 1.54) is 0 Å². The van der Waals surface area contributed by atoms with Crippen LogP contribution in [0.25, 0.3) is 0 Å². The lowest BCUT2D eigenvalue weighted by molar-refractivity contribution is -0.220. The fourth-order valence-electron chi connectivity index (χ4n) is 4.20. The van der Waals surface area contributed by atoms with E-state index in [4.69, 9.17) is 18.9 Å². The first-order chi connectivity index (χ1) is 18.5. The van der Waals surface area contributed by atoms with Gasteiger partial charge in [-0.2, -0.15) is 0 Å². The molecule has 0 fully saturated rings. The lowest BCUT2D eigenvalue weighted by Gasteiger charge is -2.30. The van der Waals surface area contributed by atoms with E-state index in [-0.39, 0.29) is 12.8 Å². The molecule has 0 saturated carbocycles. The highest BCUT2D eigenvalue weighted by Gasteiger charge is 2.34. The Bertz CT molecular complexity index is 653. The second kappa shape index (κ2) is 21.2. The lowest BCUT2D eigenvalue weighted by Crippen LogP contribution is -2.42. The molecule has 1 radical (unpaired) electrons. The average molecular weight is 534 g/mol. The SMILES string of the molecule is CCCCCOC(C=O)(Cc1[c]c(CC(C=O)(OCCCCC)OCCCCC)ccc1)OCCCCC. The number of benzene rings is 1. The van der Waals surface area contributed by atoms with Crippen LogP contribution >= 0.6 is 0 Å². The van der Waals surface area contributed by atoms with E-state index in [0.717, 1.165) is 101 Å². The Labute approximate surface area is 232 Å². The molecule has 0 aliphatic rings. The Balaban J connectivity index is 3.06. The van der Waals surface area contributed by atoms with Crippen molar-refractivity contribution in [2.75, 3.05) is 26.4 Å². The molecule has 0 unspecified atom stereocenters. The third-order valence-corrected chi connectivity index (χ3v) is 6.53. The van der Waals surface area contributed by atoms with Crippen molar-refractivity contribution in [1.29, 1.82) is 0 Å². The Kier molecular flexibility index (Phi) is 19.3. The summed E-state index contributed by atoms with van der Waals surface area (Å²) in [6.45, 7) is 10.4. The molecule has 6 nitrogen and oxygen atoms in total. The molecule has 1 rings (SSSR count). The number of unbranched alkanes of at least 4 members (excludes halogenated alkanes) is 8. The van der Waals surface area contributed by atoms with Gasteiger partial charge in [-0.3, -0.25) is 9.59 Å². The number of carbonyl (C=O) groups excluding carboxylic acids is 2. The topological polar surface area (TPSA) is 71.1 Å². The molecule has 0 N–H and O–H groups in total. The van der Waals surface area contributed by atoms with Gasteiger partial charge in [-0.25, -0.2) is 0 Å². The zero-order chi connectivity index (χ0) is 28.0. The van der Waals surface area contributed by atoms with Gasteiger partial charge in [-0.15, -0.1) is 0 Å². The fraction of sp³-hybridized carbons (Fsp3) is 0.750. The van der Waals surface area contributed by atoms with Crippen molar-refractivity contribution in [3.05, 3.63) is 35.4 Å². The Morgan fingerprint density at radius 3 is 1.16 bits per heavy atom. The molecular formula is C32H53O6. The molecule has 38 heavy (non-hydrogen) atoms. The van der Waals surface area contributed by atoms with Gasteiger partial charge in [0, 0.05) is 12.8 Å². The van der Waals surface area contributed by atoms with Gasteiger partial charge in [0.25, 0.3) is 0 Å². The van der Waals surface area contributed by atoms with Crippen LogP contribution in [0.3, 0.4) is 0 Å². The van der Waals surface area contributed by atoms with Crippen LogP contribution in [0, 0.1) is 6.07 Å². The second-order valence-electron chi connectivity index (χ2n) is 10.1. The van der Waals surface area contributed by atoms with Crippen LogP contribution in [-0.4, -0.2) is 50.6 Å². The molecular weight excluding hydrogens is 480 g/mol. The highest BCUT2D eigenvalue weighted by atomic mass is 16.7. The standard InChI is InChI=1S/C32H53O6/c1-5-9-13-20-35-31(27-33,36-21-14-10-6-2)25-29-18-17-19-30(24-29)26-32(28-34,37-22-15-11-7-3)38-23-16-12-8-4/h17-19,27-28H,5-16,20-23,25-26H2,1-4H3. The maximum absolute atomic E-state index is 12.3. The summed E-state index contributed by atoms with van der Waals surface area (Å²) in [6, 6.07) is 9.14. The van der Waals surface area contributed by atoms with Crippen LogP contribution in [0.5, 0.6) is 0 Å². The number of hydrogen-bond acceptors (Lipinski definition) is 6. The average Bonchev–Trinajstić information content (AvgIpc) is 2.93. The summed E-state index contributed by atoms with van der Waals surface area (Å²) in [7, 11) is 0. The second-order valence-corrected chi connectivity index (χ2v) is 10.1. The van der Waals surface area contributed by atoms with Crippen molar-refractivity contribution in [2.24, 2.45) is 0 Å². The summed E-state index contributed by atoms with van der Waals surface area (Å²) in [4.78, 5) is 24.6. The van der Waals surface area contributed by atoms with Crippen LogP contribution in [-0.2, 0) is 41.4 Å². The van der Waals surface area contributed by atoms with Crippen molar-refractivity contribution in [1.82, 2.24) is 0 Å². The fourth-order valence-corrected chi connectivity index (χ4v) is 4.20. The molecule has 1 aromatic carbocycles. The largest absolute Gasteiger partial charge is 0.344 e. The van der Waals surface area contributed by atoms with Gasteiger partial charge in [-0.1, -0.05) is 97.3 Å². The Morgan fingerprint density at radius 2 is 0.895 bits per heavy atom. The van der Waals surface area contributed by atoms with Crippen LogP contribution in [0.1, 0.15) is 116 Å². The summed E-state index contributed by atoms with van der Waals surface area (Å²) in [5, 5.41) is 0. The molecule has 0 atom stereocenters. The van der Waals surface area contributed by atoms with Crippen molar-refractivity contribution in [3.8, 4) is 0 Å². The minimum absolute atomic E-state index is 0.255. The molecule has 217 valence electrons. The summed E-state index contributed by atoms with van der Waals surface area (Å²) in [5.41, 5.74) is 1.58. The Hall–Kier alpha value is -1.60. The van der Waals surface area contributed by atoms with Gasteiger partial charge in [0.2, 0.25) is 11.6 Å². The number of rotatable bonds is 26. The normalized spacial score (nSPS) is 12.1.